The molecule has 0 radical (unpaired) electrons. The maximum Gasteiger partial charge on any atom is 0.131 e. The molecule has 0 N–H and O–H groups in total. The number of aldehydes is 1. The number of rotatable bonds is 5. The minimum Gasteiger partial charge on any atom is -0.302 e. The van der Waals surface area contributed by atoms with Crippen LogP contribution in [-0.2, 0) is 10.2 Å². The standard InChI is InChI=1S/C18H18O/c1-3-17(15-10-6-4-7-11-15)18(2,14-19)16-12-8-5-9-13-16/h3-14,17H,1H2,2H3. The fourth-order valence-electron chi connectivity index (χ4n) is 2.51. The van der Waals surface area contributed by atoms with E-state index in [-0.39, 0.29) is 5.92 Å². The fraction of sp³-hybridized carbons (Fsp3) is 0.167. The Morgan fingerprint density at radius 1 is 1.00 bits per heavy atom. The van der Waals surface area contributed by atoms with Crippen molar-refractivity contribution in [3.8, 4) is 0 Å². The largest absolute Gasteiger partial charge is 0.302 e. The molecule has 2 aromatic carbocycles. The molecule has 2 unspecified atom stereocenters. The van der Waals surface area contributed by atoms with E-state index in [1.54, 1.807) is 0 Å². The number of carbonyl (C=O) groups excluding carboxylic acids is 1. The van der Waals surface area contributed by atoms with Gasteiger partial charge < -0.3 is 4.79 Å². The quantitative estimate of drug-likeness (QED) is 0.576. The molecule has 2 aromatic rings. The van der Waals surface area contributed by atoms with Crippen LogP contribution in [0.4, 0.5) is 0 Å². The second-order valence-corrected chi connectivity index (χ2v) is 4.89. The molecule has 0 fully saturated rings. The Balaban J connectivity index is 2.51. The summed E-state index contributed by atoms with van der Waals surface area (Å²) in [5, 5.41) is 0. The van der Waals surface area contributed by atoms with Crippen molar-refractivity contribution < 1.29 is 4.79 Å². The number of hydrogen-bond donors (Lipinski definition) is 0. The highest BCUT2D eigenvalue weighted by molar-refractivity contribution is 5.71. The summed E-state index contributed by atoms with van der Waals surface area (Å²) in [5.74, 6) is -0.0337. The Kier molecular flexibility index (Phi) is 3.96. The molecule has 0 aliphatic heterocycles. The lowest BCUT2D eigenvalue weighted by Gasteiger charge is -2.31. The van der Waals surface area contributed by atoms with E-state index in [4.69, 9.17) is 0 Å². The molecule has 0 aliphatic carbocycles. The Morgan fingerprint density at radius 3 is 2.00 bits per heavy atom. The number of allylic oxidation sites excluding steroid dienone is 1. The Hall–Kier alpha value is -2.15. The first-order valence-corrected chi connectivity index (χ1v) is 6.41. The Morgan fingerprint density at radius 2 is 1.53 bits per heavy atom. The molecule has 0 bridgehead atoms. The van der Waals surface area contributed by atoms with Crippen molar-refractivity contribution in [3.63, 3.8) is 0 Å². The van der Waals surface area contributed by atoms with E-state index >= 15 is 0 Å². The summed E-state index contributed by atoms with van der Waals surface area (Å²) in [7, 11) is 0. The van der Waals surface area contributed by atoms with E-state index in [1.807, 2.05) is 73.7 Å². The van der Waals surface area contributed by atoms with E-state index in [0.717, 1.165) is 17.4 Å². The van der Waals surface area contributed by atoms with Crippen LogP contribution in [-0.4, -0.2) is 6.29 Å². The van der Waals surface area contributed by atoms with E-state index in [1.165, 1.54) is 0 Å². The maximum absolute atomic E-state index is 11.8. The molecular weight excluding hydrogens is 232 g/mol. The Labute approximate surface area is 114 Å². The van der Waals surface area contributed by atoms with Crippen LogP contribution < -0.4 is 0 Å². The summed E-state index contributed by atoms with van der Waals surface area (Å²) in [6.45, 7) is 5.89. The monoisotopic (exact) mass is 250 g/mol. The van der Waals surface area contributed by atoms with Gasteiger partial charge in [-0.3, -0.25) is 0 Å². The fourth-order valence-corrected chi connectivity index (χ4v) is 2.51. The third-order valence-corrected chi connectivity index (χ3v) is 3.68. The van der Waals surface area contributed by atoms with E-state index in [2.05, 4.69) is 6.58 Å². The zero-order valence-electron chi connectivity index (χ0n) is 11.1. The number of benzene rings is 2. The molecule has 0 spiro atoms. The highest BCUT2D eigenvalue weighted by atomic mass is 16.1. The Bertz CT molecular complexity index is 544. The van der Waals surface area contributed by atoms with Crippen LogP contribution in [0.15, 0.2) is 73.3 Å². The van der Waals surface area contributed by atoms with Gasteiger partial charge in [0.05, 0.1) is 5.41 Å². The minimum atomic E-state index is -0.593. The van der Waals surface area contributed by atoms with Crippen LogP contribution in [0.2, 0.25) is 0 Å². The third kappa shape index (κ3) is 2.50. The van der Waals surface area contributed by atoms with Gasteiger partial charge in [-0.25, -0.2) is 0 Å². The molecule has 96 valence electrons. The van der Waals surface area contributed by atoms with Crippen molar-refractivity contribution in [2.75, 3.05) is 0 Å². The van der Waals surface area contributed by atoms with Crippen LogP contribution >= 0.6 is 0 Å². The molecule has 0 saturated heterocycles. The van der Waals surface area contributed by atoms with E-state index in [0.29, 0.717) is 0 Å². The van der Waals surface area contributed by atoms with Gasteiger partial charge in [0.15, 0.2) is 0 Å². The molecule has 19 heavy (non-hydrogen) atoms. The highest BCUT2D eigenvalue weighted by Gasteiger charge is 2.34. The van der Waals surface area contributed by atoms with Gasteiger partial charge >= 0.3 is 0 Å². The minimum absolute atomic E-state index is 0.0337. The SMILES string of the molecule is C=CC(c1ccccc1)C(C)(C=O)c1ccccc1. The summed E-state index contributed by atoms with van der Waals surface area (Å²) >= 11 is 0. The normalized spacial score (nSPS) is 15.2. The zero-order valence-corrected chi connectivity index (χ0v) is 11.1. The van der Waals surface area contributed by atoms with Gasteiger partial charge in [0.2, 0.25) is 0 Å². The van der Waals surface area contributed by atoms with Crippen LogP contribution in [0.25, 0.3) is 0 Å². The first-order valence-electron chi connectivity index (χ1n) is 6.41. The van der Waals surface area contributed by atoms with Gasteiger partial charge in [0.25, 0.3) is 0 Å². The van der Waals surface area contributed by atoms with Crippen molar-refractivity contribution in [1.29, 1.82) is 0 Å². The topological polar surface area (TPSA) is 17.1 Å². The number of hydrogen-bond acceptors (Lipinski definition) is 1. The summed E-state index contributed by atoms with van der Waals surface area (Å²) in [5.41, 5.74) is 1.53. The van der Waals surface area contributed by atoms with Gasteiger partial charge in [-0.2, -0.15) is 0 Å². The molecular formula is C18H18O. The third-order valence-electron chi connectivity index (χ3n) is 3.68. The van der Waals surface area contributed by atoms with Gasteiger partial charge in [-0.15, -0.1) is 6.58 Å². The summed E-state index contributed by atoms with van der Waals surface area (Å²) in [4.78, 5) is 11.8. The molecule has 1 nitrogen and oxygen atoms in total. The molecule has 1 heteroatoms. The summed E-state index contributed by atoms with van der Waals surface area (Å²) in [6, 6.07) is 19.9. The molecule has 0 aromatic heterocycles. The van der Waals surface area contributed by atoms with Crippen molar-refractivity contribution in [2.45, 2.75) is 18.3 Å². The van der Waals surface area contributed by atoms with Crippen LogP contribution in [0.3, 0.4) is 0 Å². The van der Waals surface area contributed by atoms with Gasteiger partial charge in [-0.1, -0.05) is 66.7 Å². The van der Waals surface area contributed by atoms with Crippen LogP contribution in [0.1, 0.15) is 24.0 Å². The zero-order chi connectivity index (χ0) is 13.7. The molecule has 2 atom stereocenters. The second kappa shape index (κ2) is 5.66. The maximum atomic E-state index is 11.8. The summed E-state index contributed by atoms with van der Waals surface area (Å²) < 4.78 is 0. The first kappa shape index (κ1) is 13.3. The highest BCUT2D eigenvalue weighted by Crippen LogP contribution is 2.38. The van der Waals surface area contributed by atoms with Gasteiger partial charge in [0, 0.05) is 5.92 Å². The lowest BCUT2D eigenvalue weighted by molar-refractivity contribution is -0.112. The van der Waals surface area contributed by atoms with E-state index < -0.39 is 5.41 Å². The molecule has 0 saturated carbocycles. The van der Waals surface area contributed by atoms with Crippen LogP contribution in [0, 0.1) is 0 Å². The van der Waals surface area contributed by atoms with Gasteiger partial charge in [0.1, 0.15) is 6.29 Å². The van der Waals surface area contributed by atoms with Crippen molar-refractivity contribution >= 4 is 6.29 Å². The van der Waals surface area contributed by atoms with E-state index in [9.17, 15) is 4.79 Å². The molecule has 0 aliphatic rings. The average molecular weight is 250 g/mol. The van der Waals surface area contributed by atoms with Crippen molar-refractivity contribution in [3.05, 3.63) is 84.4 Å². The molecule has 0 heterocycles. The van der Waals surface area contributed by atoms with Crippen molar-refractivity contribution in [1.82, 2.24) is 0 Å². The van der Waals surface area contributed by atoms with Crippen LogP contribution in [0.5, 0.6) is 0 Å². The number of carbonyl (C=O) groups is 1. The lowest BCUT2D eigenvalue weighted by atomic mass is 9.70. The second-order valence-electron chi connectivity index (χ2n) is 4.89. The lowest BCUT2D eigenvalue weighted by Crippen LogP contribution is -2.31. The molecule has 2 rings (SSSR count). The predicted molar refractivity (Wildman–Crippen MR) is 79.2 cm³/mol. The van der Waals surface area contributed by atoms with Gasteiger partial charge in [-0.05, 0) is 18.1 Å². The summed E-state index contributed by atoms with van der Waals surface area (Å²) in [6.07, 6.45) is 2.89. The predicted octanol–water partition coefficient (Wildman–Crippen LogP) is 4.11. The average Bonchev–Trinajstić information content (AvgIpc) is 2.49. The first-order chi connectivity index (χ1) is 9.22. The smallest absolute Gasteiger partial charge is 0.131 e. The molecule has 0 amide bonds. The van der Waals surface area contributed by atoms with Crippen molar-refractivity contribution in [2.24, 2.45) is 0 Å².